The molecule has 1 aliphatic heterocycles. The summed E-state index contributed by atoms with van der Waals surface area (Å²) in [5.41, 5.74) is 0. The average Bonchev–Trinajstić information content (AvgIpc) is 2.88. The first kappa shape index (κ1) is 14.8. The van der Waals surface area contributed by atoms with Crippen LogP contribution in [0.4, 0.5) is 0 Å². The van der Waals surface area contributed by atoms with E-state index < -0.39 is 10.0 Å². The van der Waals surface area contributed by atoms with Gasteiger partial charge < -0.3 is 9.84 Å². The van der Waals surface area contributed by atoms with Gasteiger partial charge in [-0.25, -0.2) is 8.42 Å². The smallest absolute Gasteiger partial charge is 0.256 e. The van der Waals surface area contributed by atoms with Crippen molar-refractivity contribution in [2.45, 2.75) is 30.0 Å². The van der Waals surface area contributed by atoms with Crippen LogP contribution in [-0.4, -0.2) is 44.1 Å². The summed E-state index contributed by atoms with van der Waals surface area (Å²) in [7, 11) is -2.07. The Morgan fingerprint density at radius 2 is 2.26 bits per heavy atom. The average molecular weight is 305 g/mol. The van der Waals surface area contributed by atoms with Crippen molar-refractivity contribution in [3.05, 3.63) is 11.4 Å². The predicted octanol–water partition coefficient (Wildman–Crippen LogP) is 1.54. The van der Waals surface area contributed by atoms with Crippen LogP contribution in [0.1, 0.15) is 19.8 Å². The van der Waals surface area contributed by atoms with Crippen molar-refractivity contribution in [2.75, 3.05) is 20.3 Å². The van der Waals surface area contributed by atoms with Crippen LogP contribution in [0.25, 0.3) is 0 Å². The first-order valence-electron chi connectivity index (χ1n) is 6.25. The van der Waals surface area contributed by atoms with Gasteiger partial charge in [-0.2, -0.15) is 4.31 Å². The largest absolute Gasteiger partial charge is 0.494 e. The van der Waals surface area contributed by atoms with Crippen LogP contribution >= 0.6 is 11.3 Å². The minimum absolute atomic E-state index is 0.0249. The summed E-state index contributed by atoms with van der Waals surface area (Å²) < 4.78 is 32.2. The molecule has 1 fully saturated rings. The van der Waals surface area contributed by atoms with E-state index in [1.807, 2.05) is 6.92 Å². The fraction of sp³-hybridized carbons (Fsp3) is 0.667. The fourth-order valence-electron chi connectivity index (χ4n) is 2.36. The summed E-state index contributed by atoms with van der Waals surface area (Å²) in [6.07, 6.45) is 1.64. The highest BCUT2D eigenvalue weighted by molar-refractivity contribution is 7.91. The van der Waals surface area contributed by atoms with Crippen molar-refractivity contribution in [1.29, 1.82) is 0 Å². The Morgan fingerprint density at radius 1 is 1.53 bits per heavy atom. The number of piperidine rings is 1. The number of nitrogens with zero attached hydrogens (tertiary/aromatic N) is 1. The molecular weight excluding hydrogens is 286 g/mol. The Bertz CT molecular complexity index is 526. The number of aliphatic hydroxyl groups is 1. The van der Waals surface area contributed by atoms with Crippen molar-refractivity contribution in [2.24, 2.45) is 5.92 Å². The fourth-order valence-corrected chi connectivity index (χ4v) is 5.49. The third-order valence-electron chi connectivity index (χ3n) is 3.54. The molecule has 19 heavy (non-hydrogen) atoms. The summed E-state index contributed by atoms with van der Waals surface area (Å²) in [5.74, 6) is 0.417. The number of ether oxygens (including phenoxy) is 1. The lowest BCUT2D eigenvalue weighted by atomic mass is 9.96. The normalized spacial score (nSPS) is 25.4. The van der Waals surface area contributed by atoms with Gasteiger partial charge in [-0.3, -0.25) is 0 Å². The van der Waals surface area contributed by atoms with Crippen LogP contribution in [0, 0.1) is 5.92 Å². The van der Waals surface area contributed by atoms with Crippen LogP contribution in [-0.2, 0) is 10.0 Å². The topological polar surface area (TPSA) is 66.8 Å². The first-order chi connectivity index (χ1) is 9.00. The summed E-state index contributed by atoms with van der Waals surface area (Å²) >= 11 is 1.17. The van der Waals surface area contributed by atoms with Crippen LogP contribution in [0.3, 0.4) is 0 Å². The number of hydrogen-bond acceptors (Lipinski definition) is 5. The molecule has 5 nitrogen and oxygen atoms in total. The summed E-state index contributed by atoms with van der Waals surface area (Å²) in [4.78, 5) is 0. The molecule has 0 saturated carbocycles. The van der Waals surface area contributed by atoms with Crippen molar-refractivity contribution in [3.8, 4) is 5.75 Å². The SMILES string of the molecule is COc1ccsc1S(=O)(=O)N1C[C@H](CO)CC[C@H]1C. The van der Waals surface area contributed by atoms with Gasteiger partial charge in [0.15, 0.2) is 4.21 Å². The van der Waals surface area contributed by atoms with Crippen LogP contribution in [0.2, 0.25) is 0 Å². The van der Waals surface area contributed by atoms with Gasteiger partial charge in [0.1, 0.15) is 5.75 Å². The summed E-state index contributed by atoms with van der Waals surface area (Å²) in [5, 5.41) is 11.0. The predicted molar refractivity (Wildman–Crippen MR) is 74.0 cm³/mol. The Balaban J connectivity index is 2.32. The lowest BCUT2D eigenvalue weighted by Gasteiger charge is -2.36. The zero-order valence-corrected chi connectivity index (χ0v) is 12.7. The van der Waals surface area contributed by atoms with Gasteiger partial charge in [-0.15, -0.1) is 11.3 Å². The number of hydrogen-bond donors (Lipinski definition) is 1. The van der Waals surface area contributed by atoms with E-state index in [1.165, 1.54) is 22.8 Å². The highest BCUT2D eigenvalue weighted by atomic mass is 32.2. The van der Waals surface area contributed by atoms with Gasteiger partial charge in [0, 0.05) is 19.2 Å². The Hall–Kier alpha value is -0.630. The molecule has 1 saturated heterocycles. The lowest BCUT2D eigenvalue weighted by molar-refractivity contribution is 0.139. The minimum Gasteiger partial charge on any atom is -0.494 e. The minimum atomic E-state index is -3.54. The van der Waals surface area contributed by atoms with E-state index in [0.29, 0.717) is 12.3 Å². The third-order valence-corrected chi connectivity index (χ3v) is 6.94. The Morgan fingerprint density at radius 3 is 2.89 bits per heavy atom. The first-order valence-corrected chi connectivity index (χ1v) is 8.56. The van der Waals surface area contributed by atoms with Crippen molar-refractivity contribution in [1.82, 2.24) is 4.31 Å². The van der Waals surface area contributed by atoms with E-state index >= 15 is 0 Å². The molecule has 0 radical (unpaired) electrons. The highest BCUT2D eigenvalue weighted by Gasteiger charge is 2.36. The molecule has 1 aromatic rings. The van der Waals surface area contributed by atoms with Crippen LogP contribution in [0.15, 0.2) is 15.7 Å². The van der Waals surface area contributed by atoms with Crippen LogP contribution in [0.5, 0.6) is 5.75 Å². The number of thiophene rings is 1. The van der Waals surface area contributed by atoms with E-state index in [1.54, 1.807) is 11.4 Å². The van der Waals surface area contributed by atoms with E-state index in [9.17, 15) is 13.5 Å². The van der Waals surface area contributed by atoms with Gasteiger partial charge in [-0.1, -0.05) is 0 Å². The Kier molecular flexibility index (Phi) is 4.50. The lowest BCUT2D eigenvalue weighted by Crippen LogP contribution is -2.46. The quantitative estimate of drug-likeness (QED) is 0.916. The molecule has 2 atom stereocenters. The van der Waals surface area contributed by atoms with Gasteiger partial charge >= 0.3 is 0 Å². The molecule has 0 aliphatic carbocycles. The maximum absolute atomic E-state index is 12.7. The number of methoxy groups -OCH3 is 1. The van der Waals surface area contributed by atoms with E-state index in [0.717, 1.165) is 12.8 Å². The molecule has 0 spiro atoms. The number of aliphatic hydroxyl groups excluding tert-OH is 1. The maximum atomic E-state index is 12.7. The Labute approximate surface area is 117 Å². The number of rotatable bonds is 4. The van der Waals surface area contributed by atoms with E-state index in [4.69, 9.17) is 4.74 Å². The maximum Gasteiger partial charge on any atom is 0.256 e. The molecule has 2 heterocycles. The van der Waals surface area contributed by atoms with Gasteiger partial charge in [0.05, 0.1) is 7.11 Å². The second-order valence-corrected chi connectivity index (χ2v) is 7.83. The standard InChI is InChI=1S/C12H19NO4S2/c1-9-3-4-10(8-14)7-13(9)19(15,16)12-11(17-2)5-6-18-12/h5-6,9-10,14H,3-4,7-8H2,1-2H3/t9-,10-/m1/s1. The monoisotopic (exact) mass is 305 g/mol. The zero-order chi connectivity index (χ0) is 14.0. The molecule has 2 rings (SSSR count). The molecule has 0 bridgehead atoms. The molecule has 108 valence electrons. The third kappa shape index (κ3) is 2.79. The molecule has 7 heteroatoms. The summed E-state index contributed by atoms with van der Waals surface area (Å²) in [6, 6.07) is 1.62. The van der Waals surface area contributed by atoms with Gasteiger partial charge in [0.25, 0.3) is 10.0 Å². The molecule has 0 aromatic carbocycles. The molecule has 0 amide bonds. The van der Waals surface area contributed by atoms with Gasteiger partial charge in [0.2, 0.25) is 0 Å². The molecule has 0 unspecified atom stereocenters. The van der Waals surface area contributed by atoms with Crippen molar-refractivity contribution in [3.63, 3.8) is 0 Å². The van der Waals surface area contributed by atoms with E-state index in [-0.39, 0.29) is 22.8 Å². The molecule has 1 aliphatic rings. The number of sulfonamides is 1. The molecule has 1 N–H and O–H groups in total. The highest BCUT2D eigenvalue weighted by Crippen LogP contribution is 2.35. The second kappa shape index (κ2) is 5.78. The zero-order valence-electron chi connectivity index (χ0n) is 11.1. The summed E-state index contributed by atoms with van der Waals surface area (Å²) in [6.45, 7) is 2.31. The van der Waals surface area contributed by atoms with E-state index in [2.05, 4.69) is 0 Å². The van der Waals surface area contributed by atoms with Gasteiger partial charge in [-0.05, 0) is 37.1 Å². The van der Waals surface area contributed by atoms with Crippen LogP contribution < -0.4 is 4.74 Å². The van der Waals surface area contributed by atoms with Crippen molar-refractivity contribution < 1.29 is 18.3 Å². The molecule has 1 aromatic heterocycles. The second-order valence-electron chi connectivity index (χ2n) is 4.83. The molecular formula is C12H19NO4S2. The van der Waals surface area contributed by atoms with Crippen molar-refractivity contribution >= 4 is 21.4 Å².